The van der Waals surface area contributed by atoms with Gasteiger partial charge in [-0.05, 0) is 25.7 Å². The Kier molecular flexibility index (Phi) is 1.52. The lowest BCUT2D eigenvalue weighted by molar-refractivity contribution is 0.962. The van der Waals surface area contributed by atoms with Gasteiger partial charge in [-0.15, -0.1) is 0 Å². The summed E-state index contributed by atoms with van der Waals surface area (Å²) in [5.41, 5.74) is 0. The zero-order valence-electron chi connectivity index (χ0n) is 6.98. The van der Waals surface area contributed by atoms with Crippen molar-refractivity contribution < 1.29 is 2.74 Å². The SMILES string of the molecule is [2H]C1=C([2H])CCC=CCC1. The fourth-order valence-corrected chi connectivity index (χ4v) is 0.723. The maximum Gasteiger partial charge on any atom is 0.0573 e. The van der Waals surface area contributed by atoms with E-state index in [9.17, 15) is 0 Å². The lowest BCUT2D eigenvalue weighted by Gasteiger charge is -1.92. The maximum atomic E-state index is 7.37. The minimum Gasteiger partial charge on any atom is -0.0882 e. The normalized spacial score (nSPS) is 26.0. The fraction of sp³-hybridized carbons (Fsp3) is 0.500. The maximum absolute atomic E-state index is 7.37. The van der Waals surface area contributed by atoms with Crippen molar-refractivity contribution in [2.45, 2.75) is 25.7 Å². The summed E-state index contributed by atoms with van der Waals surface area (Å²) in [6.07, 6.45) is 7.55. The minimum absolute atomic E-state index is 0.518. The highest BCUT2D eigenvalue weighted by atomic mass is 13.9. The van der Waals surface area contributed by atoms with Crippen LogP contribution in [0.5, 0.6) is 0 Å². The van der Waals surface area contributed by atoms with Gasteiger partial charge in [0.1, 0.15) is 0 Å². The Labute approximate surface area is 53.7 Å². The van der Waals surface area contributed by atoms with Crippen LogP contribution in [0.25, 0.3) is 0 Å². The topological polar surface area (TPSA) is 0 Å². The fourth-order valence-electron chi connectivity index (χ4n) is 0.723. The van der Waals surface area contributed by atoms with E-state index in [2.05, 4.69) is 12.2 Å². The highest BCUT2D eigenvalue weighted by Gasteiger charge is 1.81. The molecule has 0 aliphatic heterocycles. The van der Waals surface area contributed by atoms with Gasteiger partial charge in [0, 0.05) is 0 Å². The van der Waals surface area contributed by atoms with Crippen LogP contribution in [0.4, 0.5) is 0 Å². The van der Waals surface area contributed by atoms with Crippen molar-refractivity contribution in [2.24, 2.45) is 0 Å². The highest BCUT2D eigenvalue weighted by Crippen LogP contribution is 2.02. The Morgan fingerprint density at radius 1 is 0.875 bits per heavy atom. The summed E-state index contributed by atoms with van der Waals surface area (Å²) in [5.74, 6) is 0. The van der Waals surface area contributed by atoms with Crippen molar-refractivity contribution in [3.05, 3.63) is 24.3 Å². The second kappa shape index (κ2) is 3.48. The van der Waals surface area contributed by atoms with Crippen LogP contribution in [0.15, 0.2) is 24.3 Å². The van der Waals surface area contributed by atoms with E-state index < -0.39 is 0 Å². The molecule has 0 radical (unpaired) electrons. The van der Waals surface area contributed by atoms with E-state index >= 15 is 0 Å². The van der Waals surface area contributed by atoms with Crippen LogP contribution >= 0.6 is 0 Å². The third-order valence-corrected chi connectivity index (χ3v) is 1.16. The summed E-state index contributed by atoms with van der Waals surface area (Å²) >= 11 is 0. The van der Waals surface area contributed by atoms with Gasteiger partial charge >= 0.3 is 0 Å². The van der Waals surface area contributed by atoms with Gasteiger partial charge in [0.05, 0.1) is 2.74 Å². The summed E-state index contributed by atoms with van der Waals surface area (Å²) in [7, 11) is 0. The largest absolute Gasteiger partial charge is 0.0882 e. The molecule has 0 aromatic heterocycles. The smallest absolute Gasteiger partial charge is 0.0573 e. The van der Waals surface area contributed by atoms with Crippen molar-refractivity contribution in [1.29, 1.82) is 0 Å². The molecule has 0 aromatic rings. The van der Waals surface area contributed by atoms with E-state index in [4.69, 9.17) is 2.74 Å². The first-order valence-corrected chi connectivity index (χ1v) is 3.11. The second-order valence-corrected chi connectivity index (χ2v) is 1.90. The molecule has 0 fully saturated rings. The second-order valence-electron chi connectivity index (χ2n) is 1.90. The van der Waals surface area contributed by atoms with Gasteiger partial charge in [-0.2, -0.15) is 0 Å². The molecular weight excluding hydrogens is 96.1 g/mol. The van der Waals surface area contributed by atoms with E-state index in [0.717, 1.165) is 25.7 Å². The molecular formula is C8H12. The van der Waals surface area contributed by atoms with E-state index in [0.29, 0.717) is 12.1 Å². The van der Waals surface area contributed by atoms with Crippen molar-refractivity contribution in [1.82, 2.24) is 0 Å². The highest BCUT2D eigenvalue weighted by molar-refractivity contribution is 4.93. The molecule has 0 saturated carbocycles. The van der Waals surface area contributed by atoms with Crippen LogP contribution in [0, 0.1) is 0 Å². The first kappa shape index (κ1) is 3.49. The van der Waals surface area contributed by atoms with Crippen LogP contribution in [0.2, 0.25) is 0 Å². The first-order chi connectivity index (χ1) is 4.80. The van der Waals surface area contributed by atoms with E-state index in [1.807, 2.05) is 0 Å². The number of rotatable bonds is 0. The summed E-state index contributed by atoms with van der Waals surface area (Å²) < 4.78 is 14.7. The quantitative estimate of drug-likeness (QED) is 0.420. The minimum atomic E-state index is 0.518. The third kappa shape index (κ3) is 1.97. The Morgan fingerprint density at radius 3 is 1.88 bits per heavy atom. The standard InChI is InChI=1S/C8H12/c1-2-4-6-8-7-5-3-1/h1-2,7-8H,3-6H2/i1D,2D. The molecule has 1 aliphatic carbocycles. The third-order valence-electron chi connectivity index (χ3n) is 1.16. The Hall–Kier alpha value is -0.520. The lowest BCUT2D eigenvalue weighted by Crippen LogP contribution is -1.71. The molecule has 1 rings (SSSR count). The molecule has 0 aromatic carbocycles. The first-order valence-electron chi connectivity index (χ1n) is 4.11. The lowest BCUT2D eigenvalue weighted by atomic mass is 10.1. The molecule has 0 bridgehead atoms. The molecule has 0 atom stereocenters. The number of hydrogen-bond acceptors (Lipinski definition) is 0. The summed E-state index contributed by atoms with van der Waals surface area (Å²) in [6.45, 7) is 0. The van der Waals surface area contributed by atoms with E-state index in [1.54, 1.807) is 0 Å². The molecule has 0 unspecified atom stereocenters. The summed E-state index contributed by atoms with van der Waals surface area (Å²) in [4.78, 5) is 0. The van der Waals surface area contributed by atoms with Gasteiger partial charge in [-0.25, -0.2) is 0 Å². The Balaban J connectivity index is 2.57. The molecule has 44 valence electrons. The summed E-state index contributed by atoms with van der Waals surface area (Å²) in [5, 5.41) is 0. The molecule has 0 spiro atoms. The number of allylic oxidation sites excluding steroid dienone is 4. The van der Waals surface area contributed by atoms with Crippen LogP contribution in [0.1, 0.15) is 28.4 Å². The van der Waals surface area contributed by atoms with Crippen molar-refractivity contribution in [3.8, 4) is 0 Å². The Bertz CT molecular complexity index is 150. The van der Waals surface area contributed by atoms with Crippen molar-refractivity contribution in [3.63, 3.8) is 0 Å². The predicted molar refractivity (Wildman–Crippen MR) is 36.7 cm³/mol. The van der Waals surface area contributed by atoms with Gasteiger partial charge in [0.2, 0.25) is 0 Å². The predicted octanol–water partition coefficient (Wildman–Crippen LogP) is 2.67. The van der Waals surface area contributed by atoms with Gasteiger partial charge in [-0.3, -0.25) is 0 Å². The molecule has 1 aliphatic rings. The molecule has 0 saturated heterocycles. The van der Waals surface area contributed by atoms with Crippen molar-refractivity contribution >= 4 is 0 Å². The van der Waals surface area contributed by atoms with Crippen LogP contribution in [-0.4, -0.2) is 0 Å². The van der Waals surface area contributed by atoms with E-state index in [1.165, 1.54) is 0 Å². The molecule has 0 amide bonds. The zero-order valence-corrected chi connectivity index (χ0v) is 4.98. The van der Waals surface area contributed by atoms with Gasteiger partial charge in [-0.1, -0.05) is 24.3 Å². The van der Waals surface area contributed by atoms with Gasteiger partial charge in [0.25, 0.3) is 0 Å². The monoisotopic (exact) mass is 110 g/mol. The molecule has 8 heavy (non-hydrogen) atoms. The van der Waals surface area contributed by atoms with Crippen molar-refractivity contribution in [2.75, 3.05) is 0 Å². The molecule has 0 heteroatoms. The van der Waals surface area contributed by atoms with Gasteiger partial charge in [0.15, 0.2) is 0 Å². The molecule has 0 heterocycles. The average molecular weight is 110 g/mol. The van der Waals surface area contributed by atoms with Crippen LogP contribution in [0.3, 0.4) is 0 Å². The molecule has 0 N–H and O–H groups in total. The molecule has 0 nitrogen and oxygen atoms in total. The number of hydrogen-bond donors (Lipinski definition) is 0. The Morgan fingerprint density at radius 2 is 1.38 bits per heavy atom. The van der Waals surface area contributed by atoms with E-state index in [-0.39, 0.29) is 0 Å². The van der Waals surface area contributed by atoms with Crippen LogP contribution in [-0.2, 0) is 0 Å². The zero-order chi connectivity index (χ0) is 7.40. The average Bonchev–Trinajstić information content (AvgIpc) is 1.92. The van der Waals surface area contributed by atoms with Gasteiger partial charge < -0.3 is 0 Å². The van der Waals surface area contributed by atoms with Crippen LogP contribution < -0.4 is 0 Å². The summed E-state index contributed by atoms with van der Waals surface area (Å²) in [6, 6.07) is 1.04.